The van der Waals surface area contributed by atoms with Gasteiger partial charge in [0.15, 0.2) is 0 Å². The highest BCUT2D eigenvalue weighted by atomic mass is 32.2. The van der Waals surface area contributed by atoms with Crippen molar-refractivity contribution in [3.05, 3.63) is 33.9 Å². The zero-order valence-corrected chi connectivity index (χ0v) is 8.26. The van der Waals surface area contributed by atoms with E-state index in [2.05, 4.69) is 0 Å². The second-order valence-corrected chi connectivity index (χ2v) is 3.67. The number of non-ortho nitro benzene ring substituents is 1. The summed E-state index contributed by atoms with van der Waals surface area (Å²) in [6.07, 6.45) is 0. The zero-order chi connectivity index (χ0) is 11.4. The average Bonchev–Trinajstić information content (AvgIpc) is 2.16. The van der Waals surface area contributed by atoms with E-state index in [1.165, 1.54) is 0 Å². The molecule has 15 heavy (non-hydrogen) atoms. The van der Waals surface area contributed by atoms with Gasteiger partial charge in [0.1, 0.15) is 11.6 Å². The predicted octanol–water partition coefficient (Wildman–Crippen LogP) is 1.96. The first kappa shape index (κ1) is 11.9. The first-order valence-corrected chi connectivity index (χ1v) is 4.92. The Hall–Kier alpha value is -1.21. The molecule has 0 unspecified atom stereocenters. The Labute approximate surface area is 88.1 Å². The molecule has 0 saturated heterocycles. The van der Waals surface area contributed by atoms with Gasteiger partial charge in [-0.3, -0.25) is 10.1 Å². The zero-order valence-electron chi connectivity index (χ0n) is 7.44. The van der Waals surface area contributed by atoms with Crippen LogP contribution in [0.1, 0.15) is 0 Å². The molecule has 0 aliphatic rings. The lowest BCUT2D eigenvalue weighted by Gasteiger charge is -2.03. The minimum Gasteiger partial charge on any atom is -0.396 e. The first-order valence-electron chi connectivity index (χ1n) is 3.93. The number of halogens is 2. The Bertz CT molecular complexity index is 363. The molecule has 4 nitrogen and oxygen atoms in total. The van der Waals surface area contributed by atoms with Crippen molar-refractivity contribution in [2.75, 3.05) is 12.4 Å². The van der Waals surface area contributed by atoms with Crippen molar-refractivity contribution in [2.24, 2.45) is 0 Å². The molecule has 0 saturated carbocycles. The number of aliphatic hydroxyl groups is 1. The molecule has 0 amide bonds. The van der Waals surface area contributed by atoms with Gasteiger partial charge < -0.3 is 5.11 Å². The second-order valence-electron chi connectivity index (χ2n) is 2.57. The molecular weight excluding hydrogens is 228 g/mol. The minimum absolute atomic E-state index is 0.131. The summed E-state index contributed by atoms with van der Waals surface area (Å²) >= 11 is 0.771. The van der Waals surface area contributed by atoms with Crippen molar-refractivity contribution in [2.45, 2.75) is 4.90 Å². The van der Waals surface area contributed by atoms with Crippen LogP contribution in [-0.2, 0) is 0 Å². The third kappa shape index (κ3) is 2.87. The number of benzene rings is 1. The molecule has 1 aromatic carbocycles. The lowest BCUT2D eigenvalue weighted by molar-refractivity contribution is -0.385. The van der Waals surface area contributed by atoms with Crippen molar-refractivity contribution in [1.29, 1.82) is 0 Å². The maximum Gasteiger partial charge on any atom is 0.275 e. The molecular formula is C8H7F2NO3S. The highest BCUT2D eigenvalue weighted by Gasteiger charge is 2.16. The maximum atomic E-state index is 13.1. The molecule has 0 atom stereocenters. The van der Waals surface area contributed by atoms with Gasteiger partial charge in [0.25, 0.3) is 5.69 Å². The maximum absolute atomic E-state index is 13.1. The van der Waals surface area contributed by atoms with Crippen molar-refractivity contribution in [3.63, 3.8) is 0 Å². The van der Waals surface area contributed by atoms with Crippen LogP contribution in [0.4, 0.5) is 14.5 Å². The van der Waals surface area contributed by atoms with E-state index in [0.29, 0.717) is 12.1 Å². The third-order valence-corrected chi connectivity index (χ3v) is 2.60. The molecule has 0 aliphatic heterocycles. The van der Waals surface area contributed by atoms with E-state index in [0.717, 1.165) is 11.8 Å². The van der Waals surface area contributed by atoms with Crippen LogP contribution in [0.25, 0.3) is 0 Å². The normalized spacial score (nSPS) is 10.3. The van der Waals surface area contributed by atoms with Gasteiger partial charge in [0, 0.05) is 5.75 Å². The van der Waals surface area contributed by atoms with Crippen molar-refractivity contribution in [3.8, 4) is 0 Å². The molecule has 0 fully saturated rings. The fourth-order valence-corrected chi connectivity index (χ4v) is 1.63. The van der Waals surface area contributed by atoms with Crippen molar-refractivity contribution in [1.82, 2.24) is 0 Å². The summed E-state index contributed by atoms with van der Waals surface area (Å²) < 4.78 is 26.3. The van der Waals surface area contributed by atoms with Gasteiger partial charge in [-0.2, -0.15) is 0 Å². The number of thioether (sulfide) groups is 1. The standard InChI is InChI=1S/C8H7F2NO3S/c9-6-3-5(11(13)14)4-7(10)8(6)15-2-1-12/h3-4,12H,1-2H2. The van der Waals surface area contributed by atoms with E-state index in [9.17, 15) is 18.9 Å². The van der Waals surface area contributed by atoms with Crippen LogP contribution >= 0.6 is 11.8 Å². The van der Waals surface area contributed by atoms with Crippen LogP contribution in [0.15, 0.2) is 17.0 Å². The summed E-state index contributed by atoms with van der Waals surface area (Å²) in [7, 11) is 0. The largest absolute Gasteiger partial charge is 0.396 e. The predicted molar refractivity (Wildman–Crippen MR) is 50.8 cm³/mol. The van der Waals surface area contributed by atoms with Crippen molar-refractivity contribution < 1.29 is 18.8 Å². The van der Waals surface area contributed by atoms with Gasteiger partial charge in [0.2, 0.25) is 0 Å². The Balaban J connectivity index is 3.04. The Morgan fingerprint density at radius 2 is 1.93 bits per heavy atom. The van der Waals surface area contributed by atoms with Crippen LogP contribution in [0.5, 0.6) is 0 Å². The van der Waals surface area contributed by atoms with E-state index in [1.807, 2.05) is 0 Å². The molecule has 0 aliphatic carbocycles. The Morgan fingerprint density at radius 1 is 1.40 bits per heavy atom. The van der Waals surface area contributed by atoms with Gasteiger partial charge in [-0.05, 0) is 0 Å². The fourth-order valence-electron chi connectivity index (χ4n) is 0.938. The van der Waals surface area contributed by atoms with E-state index in [4.69, 9.17) is 5.11 Å². The molecule has 1 N–H and O–H groups in total. The SMILES string of the molecule is O=[N+]([O-])c1cc(F)c(SCCO)c(F)c1. The van der Waals surface area contributed by atoms with Crippen LogP contribution < -0.4 is 0 Å². The molecule has 7 heteroatoms. The summed E-state index contributed by atoms with van der Waals surface area (Å²) in [6.45, 7) is -0.222. The molecule has 82 valence electrons. The molecule has 0 radical (unpaired) electrons. The lowest BCUT2D eigenvalue weighted by Crippen LogP contribution is -1.96. The summed E-state index contributed by atoms with van der Waals surface area (Å²) in [5.74, 6) is -1.84. The van der Waals surface area contributed by atoms with Crippen molar-refractivity contribution >= 4 is 17.4 Å². The van der Waals surface area contributed by atoms with E-state index >= 15 is 0 Å². The number of hydrogen-bond acceptors (Lipinski definition) is 4. The summed E-state index contributed by atoms with van der Waals surface area (Å²) in [5.41, 5.74) is -0.627. The number of aliphatic hydroxyl groups excluding tert-OH is 1. The molecule has 0 bridgehead atoms. The van der Waals surface area contributed by atoms with Crippen LogP contribution in [0, 0.1) is 21.7 Å². The third-order valence-electron chi connectivity index (χ3n) is 1.53. The van der Waals surface area contributed by atoms with Crippen LogP contribution in [0.3, 0.4) is 0 Å². The number of nitro groups is 1. The van der Waals surface area contributed by atoms with Gasteiger partial charge in [0.05, 0.1) is 28.6 Å². The quantitative estimate of drug-likeness (QED) is 0.492. The fraction of sp³-hybridized carbons (Fsp3) is 0.250. The number of rotatable bonds is 4. The molecule has 1 rings (SSSR count). The summed E-state index contributed by atoms with van der Waals surface area (Å²) in [4.78, 5) is 9.08. The molecule has 0 spiro atoms. The minimum atomic E-state index is -0.986. The second kappa shape index (κ2) is 5.04. The number of hydrogen-bond donors (Lipinski definition) is 1. The van der Waals surface area contributed by atoms with E-state index in [-0.39, 0.29) is 17.3 Å². The topological polar surface area (TPSA) is 63.4 Å². The number of nitrogens with zero attached hydrogens (tertiary/aromatic N) is 1. The molecule has 1 aromatic rings. The van der Waals surface area contributed by atoms with Gasteiger partial charge >= 0.3 is 0 Å². The highest BCUT2D eigenvalue weighted by Crippen LogP contribution is 2.28. The van der Waals surface area contributed by atoms with Crippen LogP contribution in [-0.4, -0.2) is 22.4 Å². The van der Waals surface area contributed by atoms with Crippen LogP contribution in [0.2, 0.25) is 0 Å². The Morgan fingerprint density at radius 3 is 2.33 bits per heavy atom. The number of nitro benzene ring substituents is 1. The monoisotopic (exact) mass is 235 g/mol. The lowest BCUT2D eigenvalue weighted by atomic mass is 10.3. The first-order chi connectivity index (χ1) is 7.06. The van der Waals surface area contributed by atoms with Gasteiger partial charge in [-0.25, -0.2) is 8.78 Å². The molecule has 0 aromatic heterocycles. The average molecular weight is 235 g/mol. The molecule has 0 heterocycles. The van der Waals surface area contributed by atoms with E-state index < -0.39 is 22.2 Å². The van der Waals surface area contributed by atoms with Gasteiger partial charge in [-0.15, -0.1) is 11.8 Å². The smallest absolute Gasteiger partial charge is 0.275 e. The summed E-state index contributed by atoms with van der Waals surface area (Å²) in [5, 5.41) is 18.7. The van der Waals surface area contributed by atoms with Gasteiger partial charge in [-0.1, -0.05) is 0 Å². The highest BCUT2D eigenvalue weighted by molar-refractivity contribution is 7.99. The summed E-state index contributed by atoms with van der Waals surface area (Å²) in [6, 6.07) is 1.31. The Kier molecular flexibility index (Phi) is 3.98. The van der Waals surface area contributed by atoms with E-state index in [1.54, 1.807) is 0 Å².